The van der Waals surface area contributed by atoms with Crippen molar-refractivity contribution in [3.05, 3.63) is 41.3 Å². The fourth-order valence-corrected chi connectivity index (χ4v) is 3.69. The van der Waals surface area contributed by atoms with Crippen molar-refractivity contribution < 1.29 is 9.18 Å². The molecule has 0 radical (unpaired) electrons. The summed E-state index contributed by atoms with van der Waals surface area (Å²) in [7, 11) is 0. The normalized spacial score (nSPS) is 20.2. The van der Waals surface area contributed by atoms with Crippen molar-refractivity contribution in [2.24, 2.45) is 0 Å². The summed E-state index contributed by atoms with van der Waals surface area (Å²) in [6.45, 7) is 3.48. The first-order valence-electron chi connectivity index (χ1n) is 7.80. The zero-order valence-corrected chi connectivity index (χ0v) is 13.1. The average molecular weight is 311 g/mol. The number of rotatable bonds is 2. The van der Waals surface area contributed by atoms with E-state index in [1.165, 1.54) is 6.92 Å². The van der Waals surface area contributed by atoms with Crippen molar-refractivity contribution in [2.75, 3.05) is 11.1 Å². The van der Waals surface area contributed by atoms with Crippen LogP contribution in [-0.4, -0.2) is 16.8 Å². The molecule has 1 aromatic carbocycles. The third-order valence-corrected chi connectivity index (χ3v) is 5.23. The third-order valence-electron chi connectivity index (χ3n) is 5.23. The molecule has 0 bridgehead atoms. The molecule has 2 aromatic rings. The van der Waals surface area contributed by atoms with Gasteiger partial charge in [0.05, 0.1) is 5.56 Å². The van der Waals surface area contributed by atoms with Gasteiger partial charge in [-0.1, -0.05) is 0 Å². The van der Waals surface area contributed by atoms with E-state index in [1.54, 1.807) is 18.3 Å². The number of pyridine rings is 1. The molecule has 2 aliphatic rings. The first-order chi connectivity index (χ1) is 10.9. The second-order valence-corrected chi connectivity index (χ2v) is 6.59. The second kappa shape index (κ2) is 4.54. The topological polar surface area (TPSA) is 68.0 Å². The Bertz CT molecular complexity index is 842. The van der Waals surface area contributed by atoms with Crippen LogP contribution < -0.4 is 11.1 Å². The van der Waals surface area contributed by atoms with Crippen LogP contribution in [0, 0.1) is 5.82 Å². The zero-order valence-electron chi connectivity index (χ0n) is 13.1. The monoisotopic (exact) mass is 311 g/mol. The number of carbonyl (C=O) groups excluding carboxylic acids is 1. The maximum Gasteiger partial charge on any atom is 0.164 e. The number of anilines is 2. The van der Waals surface area contributed by atoms with Crippen LogP contribution in [0.4, 0.5) is 15.9 Å². The summed E-state index contributed by atoms with van der Waals surface area (Å²) in [6, 6.07) is 5.55. The minimum atomic E-state index is -0.567. The summed E-state index contributed by atoms with van der Waals surface area (Å²) >= 11 is 0. The Morgan fingerprint density at radius 2 is 2.17 bits per heavy atom. The summed E-state index contributed by atoms with van der Waals surface area (Å²) < 4.78 is 14.8. The van der Waals surface area contributed by atoms with Crippen LogP contribution in [0.15, 0.2) is 24.4 Å². The number of nitrogens with one attached hydrogen (secondary N) is 1. The number of ketones is 1. The second-order valence-electron chi connectivity index (χ2n) is 6.59. The van der Waals surface area contributed by atoms with Crippen molar-refractivity contribution >= 4 is 17.3 Å². The molecule has 1 aromatic heterocycles. The van der Waals surface area contributed by atoms with Gasteiger partial charge in [-0.25, -0.2) is 9.37 Å². The van der Waals surface area contributed by atoms with Gasteiger partial charge in [0.25, 0.3) is 0 Å². The fraction of sp³-hybridized carbons (Fsp3) is 0.333. The van der Waals surface area contributed by atoms with E-state index in [0.717, 1.165) is 24.2 Å². The summed E-state index contributed by atoms with van der Waals surface area (Å²) in [5.41, 5.74) is 8.22. The van der Waals surface area contributed by atoms with Gasteiger partial charge in [0.2, 0.25) is 0 Å². The van der Waals surface area contributed by atoms with Crippen LogP contribution in [0.1, 0.15) is 42.6 Å². The number of carbonyl (C=O) groups is 1. The van der Waals surface area contributed by atoms with Crippen LogP contribution in [0.2, 0.25) is 0 Å². The van der Waals surface area contributed by atoms with E-state index in [0.29, 0.717) is 17.2 Å². The van der Waals surface area contributed by atoms with Gasteiger partial charge in [-0.05, 0) is 44.9 Å². The van der Waals surface area contributed by atoms with Crippen molar-refractivity contribution in [1.29, 1.82) is 0 Å². The van der Waals surface area contributed by atoms with Crippen LogP contribution in [0.5, 0.6) is 0 Å². The Labute approximate surface area is 133 Å². The first-order valence-corrected chi connectivity index (χ1v) is 7.80. The van der Waals surface area contributed by atoms with Crippen LogP contribution >= 0.6 is 0 Å². The standard InChI is InChI=1S/C18H18FN3O/c1-9(23)15-14(20)4-3-12(16(15)19)11-7-13-17(21-8-11)22-10(2)18(13)5-6-18/h3-4,7-8,10H,5-6,20H2,1-2H3,(H,21,22). The molecule has 118 valence electrons. The Balaban J connectivity index is 1.86. The Morgan fingerprint density at radius 1 is 1.43 bits per heavy atom. The molecule has 1 atom stereocenters. The molecule has 1 fully saturated rings. The van der Waals surface area contributed by atoms with Gasteiger partial charge >= 0.3 is 0 Å². The fourth-order valence-electron chi connectivity index (χ4n) is 3.69. The number of halogens is 1. The van der Waals surface area contributed by atoms with E-state index in [-0.39, 0.29) is 22.4 Å². The Hall–Kier alpha value is -2.43. The number of hydrogen-bond donors (Lipinski definition) is 2. The molecular formula is C18H18FN3O. The summed E-state index contributed by atoms with van der Waals surface area (Å²) in [4.78, 5) is 16.1. The van der Waals surface area contributed by atoms with Crippen molar-refractivity contribution in [1.82, 2.24) is 4.98 Å². The number of nitrogens with two attached hydrogens (primary N) is 1. The minimum Gasteiger partial charge on any atom is -0.398 e. The molecule has 1 aliphatic carbocycles. The average Bonchev–Trinajstić information content (AvgIpc) is 3.24. The Kier molecular flexibility index (Phi) is 2.80. The number of nitrogens with zero attached hydrogens (tertiary/aromatic N) is 1. The number of fused-ring (bicyclic) bond motifs is 2. The molecule has 4 rings (SSSR count). The van der Waals surface area contributed by atoms with Crippen LogP contribution in [0.3, 0.4) is 0 Å². The van der Waals surface area contributed by atoms with E-state index in [1.807, 2.05) is 6.07 Å². The van der Waals surface area contributed by atoms with Gasteiger partial charge < -0.3 is 11.1 Å². The van der Waals surface area contributed by atoms with Crippen molar-refractivity contribution in [3.63, 3.8) is 0 Å². The highest BCUT2D eigenvalue weighted by Gasteiger charge is 2.54. The molecule has 3 N–H and O–H groups in total. The Morgan fingerprint density at radius 3 is 2.83 bits per heavy atom. The molecule has 0 saturated heterocycles. The zero-order chi connectivity index (χ0) is 16.4. The van der Waals surface area contributed by atoms with Gasteiger partial charge in [0, 0.05) is 40.0 Å². The van der Waals surface area contributed by atoms with Gasteiger partial charge in [-0.2, -0.15) is 0 Å². The molecule has 1 saturated carbocycles. The molecule has 5 heteroatoms. The predicted octanol–water partition coefficient (Wildman–Crippen LogP) is 3.52. The molecular weight excluding hydrogens is 293 g/mol. The minimum absolute atomic E-state index is 0.0457. The maximum atomic E-state index is 14.8. The van der Waals surface area contributed by atoms with Crippen LogP contribution in [0.25, 0.3) is 11.1 Å². The molecule has 4 nitrogen and oxygen atoms in total. The molecule has 1 spiro atoms. The molecule has 1 aliphatic heterocycles. The third kappa shape index (κ3) is 1.89. The highest BCUT2D eigenvalue weighted by Crippen LogP contribution is 2.57. The first kappa shape index (κ1) is 14.2. The number of aromatic nitrogens is 1. The summed E-state index contributed by atoms with van der Waals surface area (Å²) in [6.07, 6.45) is 3.91. The molecule has 2 heterocycles. The number of nitrogen functional groups attached to an aromatic ring is 1. The van der Waals surface area contributed by atoms with Gasteiger partial charge in [0.15, 0.2) is 5.78 Å². The predicted molar refractivity (Wildman–Crippen MR) is 88.0 cm³/mol. The largest absolute Gasteiger partial charge is 0.398 e. The molecule has 23 heavy (non-hydrogen) atoms. The lowest BCUT2D eigenvalue weighted by atomic mass is 9.91. The quantitative estimate of drug-likeness (QED) is 0.658. The molecule has 0 amide bonds. The maximum absolute atomic E-state index is 14.8. The van der Waals surface area contributed by atoms with Gasteiger partial charge in [0.1, 0.15) is 11.6 Å². The van der Waals surface area contributed by atoms with E-state index in [4.69, 9.17) is 5.73 Å². The van der Waals surface area contributed by atoms with Gasteiger partial charge in [-0.3, -0.25) is 4.79 Å². The summed E-state index contributed by atoms with van der Waals surface area (Å²) in [5.74, 6) is -0.0468. The van der Waals surface area contributed by atoms with Crippen molar-refractivity contribution in [2.45, 2.75) is 38.1 Å². The summed E-state index contributed by atoms with van der Waals surface area (Å²) in [5, 5.41) is 3.40. The number of hydrogen-bond acceptors (Lipinski definition) is 4. The highest BCUT2D eigenvalue weighted by molar-refractivity contribution is 6.00. The lowest BCUT2D eigenvalue weighted by Crippen LogP contribution is -2.22. The lowest BCUT2D eigenvalue weighted by molar-refractivity contribution is 0.101. The molecule has 1 unspecified atom stereocenters. The number of benzene rings is 1. The lowest BCUT2D eigenvalue weighted by Gasteiger charge is -2.14. The van der Waals surface area contributed by atoms with Crippen LogP contribution in [-0.2, 0) is 5.41 Å². The SMILES string of the molecule is CC(=O)c1c(N)ccc(-c2cnc3c(c2)C2(CC2)C(C)N3)c1F. The van der Waals surface area contributed by atoms with E-state index in [2.05, 4.69) is 17.2 Å². The van der Waals surface area contributed by atoms with Gasteiger partial charge in [-0.15, -0.1) is 0 Å². The van der Waals surface area contributed by atoms with E-state index in [9.17, 15) is 9.18 Å². The highest BCUT2D eigenvalue weighted by atomic mass is 19.1. The van der Waals surface area contributed by atoms with E-state index >= 15 is 0 Å². The smallest absolute Gasteiger partial charge is 0.164 e. The number of Topliss-reactive ketones (excluding diaryl/α,β-unsaturated/α-hetero) is 1. The van der Waals surface area contributed by atoms with E-state index < -0.39 is 5.82 Å². The van der Waals surface area contributed by atoms with Crippen molar-refractivity contribution in [3.8, 4) is 11.1 Å².